The second kappa shape index (κ2) is 5.16. The summed E-state index contributed by atoms with van der Waals surface area (Å²) in [4.78, 5) is 0. The Morgan fingerprint density at radius 3 is 2.50 bits per heavy atom. The largest absolute Gasteiger partial charge is 0.312 e. The second-order valence-electron chi connectivity index (χ2n) is 5.56. The van der Waals surface area contributed by atoms with Crippen molar-refractivity contribution in [2.24, 2.45) is 11.8 Å². The highest BCUT2D eigenvalue weighted by atomic mass is 15.0. The van der Waals surface area contributed by atoms with Crippen LogP contribution in [-0.4, -0.2) is 12.1 Å². The standard InChI is InChI=1S/C13H27N/c1-5-14-13(3,4)12-8-6-7-11(2)9-10-12/h11-12,14H,5-10H2,1-4H3. The molecular weight excluding hydrogens is 170 g/mol. The monoisotopic (exact) mass is 197 g/mol. The molecule has 0 aromatic rings. The molecule has 1 heteroatoms. The summed E-state index contributed by atoms with van der Waals surface area (Å²) >= 11 is 0. The van der Waals surface area contributed by atoms with Crippen LogP contribution in [0.4, 0.5) is 0 Å². The molecule has 0 aromatic carbocycles. The average Bonchev–Trinajstić information content (AvgIpc) is 2.30. The van der Waals surface area contributed by atoms with E-state index in [2.05, 4.69) is 33.0 Å². The molecule has 0 aliphatic heterocycles. The first-order valence-electron chi connectivity index (χ1n) is 6.31. The van der Waals surface area contributed by atoms with Crippen LogP contribution in [-0.2, 0) is 0 Å². The van der Waals surface area contributed by atoms with Gasteiger partial charge in [0.2, 0.25) is 0 Å². The van der Waals surface area contributed by atoms with Crippen molar-refractivity contribution in [2.45, 2.75) is 65.3 Å². The van der Waals surface area contributed by atoms with Crippen LogP contribution in [0.2, 0.25) is 0 Å². The van der Waals surface area contributed by atoms with Crippen LogP contribution >= 0.6 is 0 Å². The highest BCUT2D eigenvalue weighted by molar-refractivity contribution is 4.87. The van der Waals surface area contributed by atoms with Gasteiger partial charge in [-0.25, -0.2) is 0 Å². The highest BCUT2D eigenvalue weighted by Gasteiger charge is 2.29. The van der Waals surface area contributed by atoms with Gasteiger partial charge in [-0.1, -0.05) is 33.1 Å². The van der Waals surface area contributed by atoms with Crippen molar-refractivity contribution < 1.29 is 0 Å². The summed E-state index contributed by atoms with van der Waals surface area (Å²) in [5.74, 6) is 1.84. The van der Waals surface area contributed by atoms with E-state index in [1.54, 1.807) is 0 Å². The zero-order chi connectivity index (χ0) is 10.6. The van der Waals surface area contributed by atoms with Gasteiger partial charge in [0.25, 0.3) is 0 Å². The van der Waals surface area contributed by atoms with Crippen molar-refractivity contribution >= 4 is 0 Å². The molecule has 84 valence electrons. The fraction of sp³-hybridized carbons (Fsp3) is 1.00. The Bertz CT molecular complexity index is 163. The first-order valence-corrected chi connectivity index (χ1v) is 6.31. The van der Waals surface area contributed by atoms with Gasteiger partial charge in [0.1, 0.15) is 0 Å². The van der Waals surface area contributed by atoms with Crippen LogP contribution in [0, 0.1) is 11.8 Å². The summed E-state index contributed by atoms with van der Waals surface area (Å²) in [5.41, 5.74) is 0.346. The van der Waals surface area contributed by atoms with E-state index in [1.165, 1.54) is 32.1 Å². The second-order valence-corrected chi connectivity index (χ2v) is 5.56. The van der Waals surface area contributed by atoms with Crippen LogP contribution in [0.15, 0.2) is 0 Å². The van der Waals surface area contributed by atoms with E-state index < -0.39 is 0 Å². The van der Waals surface area contributed by atoms with Crippen molar-refractivity contribution in [3.8, 4) is 0 Å². The fourth-order valence-electron chi connectivity index (χ4n) is 2.81. The summed E-state index contributed by atoms with van der Waals surface area (Å²) in [6.07, 6.45) is 7.14. The molecule has 0 amide bonds. The predicted octanol–water partition coefficient (Wildman–Crippen LogP) is 3.59. The molecule has 1 aliphatic carbocycles. The third kappa shape index (κ3) is 3.27. The minimum absolute atomic E-state index is 0.346. The Morgan fingerprint density at radius 2 is 1.86 bits per heavy atom. The van der Waals surface area contributed by atoms with Gasteiger partial charge in [0, 0.05) is 5.54 Å². The first-order chi connectivity index (χ1) is 6.56. The molecule has 0 heterocycles. The van der Waals surface area contributed by atoms with Gasteiger partial charge in [-0.15, -0.1) is 0 Å². The van der Waals surface area contributed by atoms with Crippen LogP contribution < -0.4 is 5.32 Å². The Morgan fingerprint density at radius 1 is 1.14 bits per heavy atom. The van der Waals surface area contributed by atoms with Gasteiger partial charge in [0.05, 0.1) is 0 Å². The van der Waals surface area contributed by atoms with E-state index >= 15 is 0 Å². The topological polar surface area (TPSA) is 12.0 Å². The van der Waals surface area contributed by atoms with Crippen molar-refractivity contribution in [1.82, 2.24) is 5.32 Å². The molecule has 2 atom stereocenters. The van der Waals surface area contributed by atoms with Gasteiger partial charge in [0.15, 0.2) is 0 Å². The number of nitrogens with one attached hydrogen (secondary N) is 1. The lowest BCUT2D eigenvalue weighted by molar-refractivity contribution is 0.230. The molecule has 0 aromatic heterocycles. The predicted molar refractivity (Wildman–Crippen MR) is 63.5 cm³/mol. The molecule has 0 radical (unpaired) electrons. The summed E-state index contributed by atoms with van der Waals surface area (Å²) in [5, 5.41) is 3.63. The van der Waals surface area contributed by atoms with E-state index in [4.69, 9.17) is 0 Å². The Hall–Kier alpha value is -0.0400. The molecule has 1 fully saturated rings. The maximum atomic E-state index is 3.63. The van der Waals surface area contributed by atoms with Crippen molar-refractivity contribution in [3.63, 3.8) is 0 Å². The van der Waals surface area contributed by atoms with E-state index in [0.29, 0.717) is 5.54 Å². The molecule has 1 rings (SSSR count). The minimum Gasteiger partial charge on any atom is -0.312 e. The SMILES string of the molecule is CCNC(C)(C)C1CCCC(C)CC1. The van der Waals surface area contributed by atoms with Crippen molar-refractivity contribution in [2.75, 3.05) is 6.54 Å². The molecule has 0 spiro atoms. The number of rotatable bonds is 3. The zero-order valence-corrected chi connectivity index (χ0v) is 10.4. The summed E-state index contributed by atoms with van der Waals surface area (Å²) in [7, 11) is 0. The Balaban J connectivity index is 2.49. The number of hydrogen-bond donors (Lipinski definition) is 1. The molecule has 2 unspecified atom stereocenters. The maximum Gasteiger partial charge on any atom is 0.0153 e. The smallest absolute Gasteiger partial charge is 0.0153 e. The molecule has 1 N–H and O–H groups in total. The van der Waals surface area contributed by atoms with Crippen molar-refractivity contribution in [1.29, 1.82) is 0 Å². The lowest BCUT2D eigenvalue weighted by atomic mass is 9.81. The molecule has 14 heavy (non-hydrogen) atoms. The lowest BCUT2D eigenvalue weighted by Crippen LogP contribution is -2.45. The maximum absolute atomic E-state index is 3.63. The first kappa shape index (κ1) is 12.0. The molecule has 1 aliphatic rings. The summed E-state index contributed by atoms with van der Waals surface area (Å²) in [6.45, 7) is 10.5. The molecule has 0 saturated heterocycles. The third-order valence-electron chi connectivity index (χ3n) is 3.91. The van der Waals surface area contributed by atoms with Gasteiger partial charge in [-0.2, -0.15) is 0 Å². The molecule has 0 bridgehead atoms. The van der Waals surface area contributed by atoms with E-state index in [-0.39, 0.29) is 0 Å². The van der Waals surface area contributed by atoms with Crippen LogP contribution in [0.25, 0.3) is 0 Å². The van der Waals surface area contributed by atoms with Crippen LogP contribution in [0.3, 0.4) is 0 Å². The quantitative estimate of drug-likeness (QED) is 0.682. The van der Waals surface area contributed by atoms with Crippen molar-refractivity contribution in [3.05, 3.63) is 0 Å². The normalized spacial score (nSPS) is 30.0. The van der Waals surface area contributed by atoms with Gasteiger partial charge in [-0.05, 0) is 45.1 Å². The highest BCUT2D eigenvalue weighted by Crippen LogP contribution is 2.33. The molecular formula is C13H27N. The average molecular weight is 197 g/mol. The number of hydrogen-bond acceptors (Lipinski definition) is 1. The van der Waals surface area contributed by atoms with E-state index in [1.807, 2.05) is 0 Å². The Kier molecular flexibility index (Phi) is 4.43. The molecule has 1 nitrogen and oxygen atoms in total. The molecule has 1 saturated carbocycles. The van der Waals surface area contributed by atoms with Gasteiger partial charge >= 0.3 is 0 Å². The van der Waals surface area contributed by atoms with Gasteiger partial charge < -0.3 is 5.32 Å². The summed E-state index contributed by atoms with van der Waals surface area (Å²) < 4.78 is 0. The zero-order valence-electron chi connectivity index (χ0n) is 10.4. The minimum atomic E-state index is 0.346. The summed E-state index contributed by atoms with van der Waals surface area (Å²) in [6, 6.07) is 0. The Labute approximate surface area is 89.7 Å². The van der Waals surface area contributed by atoms with E-state index in [9.17, 15) is 0 Å². The van der Waals surface area contributed by atoms with Gasteiger partial charge in [-0.3, -0.25) is 0 Å². The van der Waals surface area contributed by atoms with Crippen LogP contribution in [0.1, 0.15) is 59.8 Å². The van der Waals surface area contributed by atoms with Crippen LogP contribution in [0.5, 0.6) is 0 Å². The lowest BCUT2D eigenvalue weighted by Gasteiger charge is -2.35. The van der Waals surface area contributed by atoms with E-state index in [0.717, 1.165) is 18.4 Å². The third-order valence-corrected chi connectivity index (χ3v) is 3.91. The fourth-order valence-corrected chi connectivity index (χ4v) is 2.81.